The first kappa shape index (κ1) is 17.0. The van der Waals surface area contributed by atoms with Gasteiger partial charge in [0.1, 0.15) is 0 Å². The van der Waals surface area contributed by atoms with Crippen LogP contribution in [0.15, 0.2) is 47.4 Å². The molecule has 0 amide bonds. The molecule has 0 aromatic heterocycles. The number of rotatable bonds is 2. The van der Waals surface area contributed by atoms with Gasteiger partial charge in [-0.2, -0.15) is 26.3 Å². The summed E-state index contributed by atoms with van der Waals surface area (Å²) < 4.78 is 77.3. The maximum absolute atomic E-state index is 12.9. The van der Waals surface area contributed by atoms with Gasteiger partial charge in [-0.1, -0.05) is 18.2 Å². The number of halogens is 6. The first-order valence-corrected chi connectivity index (χ1v) is 7.91. The summed E-state index contributed by atoms with van der Waals surface area (Å²) in [7, 11) is 0. The second-order valence-corrected chi connectivity index (χ2v) is 6.40. The van der Waals surface area contributed by atoms with Gasteiger partial charge in [0.15, 0.2) is 0 Å². The third kappa shape index (κ3) is 3.48. The minimum absolute atomic E-state index is 0.128. The molecule has 3 rings (SSSR count). The summed E-state index contributed by atoms with van der Waals surface area (Å²) in [6.45, 7) is 0. The number of nitrogens with one attached hydrogen (secondary N) is 1. The lowest BCUT2D eigenvalue weighted by molar-refractivity contribution is -0.143. The first-order valence-electron chi connectivity index (χ1n) is 6.92. The van der Waals surface area contributed by atoms with E-state index in [-0.39, 0.29) is 17.8 Å². The van der Waals surface area contributed by atoms with Crippen molar-refractivity contribution < 1.29 is 26.3 Å². The summed E-state index contributed by atoms with van der Waals surface area (Å²) in [4.78, 5) is 0.970. The molecule has 0 fully saturated rings. The van der Waals surface area contributed by atoms with E-state index in [1.54, 1.807) is 6.07 Å². The Hall–Kier alpha value is -1.83. The molecular weight excluding hydrogens is 352 g/mol. The molecule has 2 aromatic rings. The van der Waals surface area contributed by atoms with Crippen LogP contribution in [0.4, 0.5) is 32.0 Å². The Kier molecular flexibility index (Phi) is 4.19. The van der Waals surface area contributed by atoms with E-state index in [0.717, 1.165) is 10.5 Å². The van der Waals surface area contributed by atoms with Crippen molar-refractivity contribution >= 4 is 17.4 Å². The summed E-state index contributed by atoms with van der Waals surface area (Å²) in [6, 6.07) is 8.51. The normalized spacial score (nSPS) is 17.7. The summed E-state index contributed by atoms with van der Waals surface area (Å²) in [5.41, 5.74) is -1.97. The van der Waals surface area contributed by atoms with Crippen LogP contribution < -0.4 is 5.32 Å². The van der Waals surface area contributed by atoms with Crippen molar-refractivity contribution in [3.8, 4) is 0 Å². The molecule has 1 heterocycles. The fourth-order valence-corrected chi connectivity index (χ4v) is 3.68. The van der Waals surface area contributed by atoms with E-state index >= 15 is 0 Å². The number of benzene rings is 2. The Balaban J connectivity index is 1.96. The Morgan fingerprint density at radius 2 is 1.46 bits per heavy atom. The number of hydrogen-bond donors (Lipinski definition) is 1. The molecule has 1 unspecified atom stereocenters. The topological polar surface area (TPSA) is 12.0 Å². The van der Waals surface area contributed by atoms with E-state index in [4.69, 9.17) is 0 Å². The molecule has 1 atom stereocenters. The highest BCUT2D eigenvalue weighted by molar-refractivity contribution is 7.99. The second kappa shape index (κ2) is 5.91. The van der Waals surface area contributed by atoms with Crippen LogP contribution in [0, 0.1) is 0 Å². The average Bonchev–Trinajstić information content (AvgIpc) is 2.89. The standard InChI is InChI=1S/C16H11F6NS/c17-15(18,19)9-5-10(16(20,21)22)7-11(6-9)23-13-8-24-14-4-2-1-3-12(13)14/h1-7,13,23H,8H2. The zero-order valence-corrected chi connectivity index (χ0v) is 12.8. The molecular formula is C16H11F6NS. The van der Waals surface area contributed by atoms with Crippen molar-refractivity contribution in [3.05, 3.63) is 59.2 Å². The number of fused-ring (bicyclic) bond motifs is 1. The molecule has 1 nitrogen and oxygen atoms in total. The molecule has 0 saturated heterocycles. The number of hydrogen-bond acceptors (Lipinski definition) is 2. The predicted molar refractivity (Wildman–Crippen MR) is 80.0 cm³/mol. The minimum Gasteiger partial charge on any atom is -0.377 e. The number of alkyl halides is 6. The van der Waals surface area contributed by atoms with Gasteiger partial charge in [0, 0.05) is 16.3 Å². The molecule has 0 saturated carbocycles. The average molecular weight is 363 g/mol. The largest absolute Gasteiger partial charge is 0.416 e. The summed E-state index contributed by atoms with van der Waals surface area (Å²) >= 11 is 1.51. The second-order valence-electron chi connectivity index (χ2n) is 5.34. The van der Waals surface area contributed by atoms with Crippen LogP contribution in [0.3, 0.4) is 0 Å². The van der Waals surface area contributed by atoms with Gasteiger partial charge in [0.2, 0.25) is 0 Å². The summed E-state index contributed by atoms with van der Waals surface area (Å²) in [5, 5.41) is 2.80. The minimum atomic E-state index is -4.85. The zero-order valence-electron chi connectivity index (χ0n) is 12.0. The highest BCUT2D eigenvalue weighted by atomic mass is 32.2. The molecule has 1 aliphatic rings. The van der Waals surface area contributed by atoms with E-state index in [1.165, 1.54) is 11.8 Å². The van der Waals surface area contributed by atoms with Crippen LogP contribution in [-0.4, -0.2) is 5.75 Å². The van der Waals surface area contributed by atoms with E-state index in [0.29, 0.717) is 17.9 Å². The van der Waals surface area contributed by atoms with Gasteiger partial charge in [-0.3, -0.25) is 0 Å². The highest BCUT2D eigenvalue weighted by Gasteiger charge is 2.37. The summed E-state index contributed by atoms with van der Waals surface area (Å²) in [6.07, 6.45) is -9.69. The van der Waals surface area contributed by atoms with E-state index in [2.05, 4.69) is 5.32 Å². The van der Waals surface area contributed by atoms with Crippen molar-refractivity contribution in [1.29, 1.82) is 0 Å². The van der Waals surface area contributed by atoms with Gasteiger partial charge in [0.25, 0.3) is 0 Å². The van der Waals surface area contributed by atoms with Gasteiger partial charge in [-0.05, 0) is 29.8 Å². The van der Waals surface area contributed by atoms with Gasteiger partial charge in [-0.25, -0.2) is 0 Å². The van der Waals surface area contributed by atoms with Crippen molar-refractivity contribution in [2.24, 2.45) is 0 Å². The van der Waals surface area contributed by atoms with Gasteiger partial charge in [0.05, 0.1) is 17.2 Å². The zero-order chi connectivity index (χ0) is 17.5. The maximum atomic E-state index is 12.9. The monoisotopic (exact) mass is 363 g/mol. The quantitative estimate of drug-likeness (QED) is 0.659. The van der Waals surface area contributed by atoms with Crippen LogP contribution in [0.2, 0.25) is 0 Å². The lowest BCUT2D eigenvalue weighted by atomic mass is 10.1. The smallest absolute Gasteiger partial charge is 0.377 e. The Bertz CT molecular complexity index is 721. The van der Waals surface area contributed by atoms with Gasteiger partial charge < -0.3 is 5.32 Å². The number of thioether (sulfide) groups is 1. The summed E-state index contributed by atoms with van der Waals surface area (Å²) in [5.74, 6) is 0.539. The van der Waals surface area contributed by atoms with Crippen LogP contribution >= 0.6 is 11.8 Å². The van der Waals surface area contributed by atoms with E-state index < -0.39 is 23.5 Å². The fourth-order valence-electron chi connectivity index (χ4n) is 2.52. The van der Waals surface area contributed by atoms with Crippen molar-refractivity contribution in [2.75, 3.05) is 11.1 Å². The molecule has 128 valence electrons. The molecule has 0 bridgehead atoms. The molecule has 8 heteroatoms. The maximum Gasteiger partial charge on any atom is 0.416 e. The molecule has 1 N–H and O–H groups in total. The molecule has 2 aromatic carbocycles. The third-order valence-electron chi connectivity index (χ3n) is 3.63. The lowest BCUT2D eigenvalue weighted by Crippen LogP contribution is -2.14. The predicted octanol–water partition coefficient (Wildman–Crippen LogP) is 5.98. The molecule has 1 aliphatic heterocycles. The molecule has 0 radical (unpaired) electrons. The fraction of sp³-hybridized carbons (Fsp3) is 0.250. The van der Waals surface area contributed by atoms with Crippen LogP contribution in [0.1, 0.15) is 22.7 Å². The van der Waals surface area contributed by atoms with Crippen molar-refractivity contribution in [3.63, 3.8) is 0 Å². The van der Waals surface area contributed by atoms with Crippen LogP contribution in [-0.2, 0) is 12.4 Å². The molecule has 24 heavy (non-hydrogen) atoms. The van der Waals surface area contributed by atoms with E-state index in [9.17, 15) is 26.3 Å². The van der Waals surface area contributed by atoms with Gasteiger partial charge in [-0.15, -0.1) is 11.8 Å². The van der Waals surface area contributed by atoms with Crippen LogP contribution in [0.25, 0.3) is 0 Å². The lowest BCUT2D eigenvalue weighted by Gasteiger charge is -2.18. The Morgan fingerprint density at radius 3 is 2.04 bits per heavy atom. The van der Waals surface area contributed by atoms with E-state index in [1.807, 2.05) is 18.2 Å². The molecule has 0 aliphatic carbocycles. The molecule has 0 spiro atoms. The number of anilines is 1. The van der Waals surface area contributed by atoms with Crippen molar-refractivity contribution in [2.45, 2.75) is 23.3 Å². The van der Waals surface area contributed by atoms with Crippen LogP contribution in [0.5, 0.6) is 0 Å². The Labute approximate surface area is 138 Å². The Morgan fingerprint density at radius 1 is 0.875 bits per heavy atom. The first-order chi connectivity index (χ1) is 11.1. The third-order valence-corrected chi connectivity index (χ3v) is 4.81. The highest BCUT2D eigenvalue weighted by Crippen LogP contribution is 2.42. The van der Waals surface area contributed by atoms with Crippen molar-refractivity contribution in [1.82, 2.24) is 0 Å². The SMILES string of the molecule is FC(F)(F)c1cc(NC2CSc3ccccc32)cc(C(F)(F)F)c1. The van der Waals surface area contributed by atoms with Gasteiger partial charge >= 0.3 is 12.4 Å².